The number of hydrogen-bond donors (Lipinski definition) is 9. The summed E-state index contributed by atoms with van der Waals surface area (Å²) in [6, 6.07) is -0.926. The summed E-state index contributed by atoms with van der Waals surface area (Å²) < 4.78 is 22.7. The summed E-state index contributed by atoms with van der Waals surface area (Å²) in [6.07, 6.45) is 39.9. The molecule has 0 spiro atoms. The quantitative estimate of drug-likeness (QED) is 0.0204. The Morgan fingerprint density at radius 2 is 0.853 bits per heavy atom. The highest BCUT2D eigenvalue weighted by molar-refractivity contribution is 5.76. The number of aliphatic hydroxyl groups excluding tert-OH is 8. The molecule has 2 heterocycles. The molecule has 2 fully saturated rings. The van der Waals surface area contributed by atoms with Crippen LogP contribution in [0.2, 0.25) is 0 Å². The molecule has 0 aromatic heterocycles. The van der Waals surface area contributed by atoms with Gasteiger partial charge < -0.3 is 65.1 Å². The van der Waals surface area contributed by atoms with Crippen LogP contribution in [-0.4, -0.2) is 140 Å². The number of rotatable bonds is 50. The maximum atomic E-state index is 13.1. The van der Waals surface area contributed by atoms with Crippen LogP contribution in [0.3, 0.4) is 0 Å². The first-order valence-corrected chi connectivity index (χ1v) is 31.1. The average molecular weight is 1070 g/mol. The van der Waals surface area contributed by atoms with Crippen molar-refractivity contribution in [3.8, 4) is 0 Å². The monoisotopic (exact) mass is 1070 g/mol. The van der Waals surface area contributed by atoms with E-state index in [1.165, 1.54) is 199 Å². The average Bonchev–Trinajstić information content (AvgIpc) is 3.41. The number of nitrogens with one attached hydrogen (secondary N) is 1. The zero-order chi connectivity index (χ0) is 54.6. The van der Waals surface area contributed by atoms with Crippen molar-refractivity contribution in [1.29, 1.82) is 0 Å². The summed E-state index contributed by atoms with van der Waals surface area (Å²) in [4.78, 5) is 13.1. The molecule has 2 rings (SSSR count). The Balaban J connectivity index is 1.64. The third kappa shape index (κ3) is 33.0. The van der Waals surface area contributed by atoms with E-state index in [0.29, 0.717) is 12.8 Å². The van der Waals surface area contributed by atoms with Crippen LogP contribution >= 0.6 is 0 Å². The van der Waals surface area contributed by atoms with E-state index in [2.05, 4.69) is 31.3 Å². The Hall–Kier alpha value is -1.53. The molecule has 0 aromatic rings. The minimum Gasteiger partial charge on any atom is -0.394 e. The van der Waals surface area contributed by atoms with Crippen LogP contribution in [0, 0.1) is 0 Å². The summed E-state index contributed by atoms with van der Waals surface area (Å²) in [6.45, 7) is 2.77. The largest absolute Gasteiger partial charge is 0.394 e. The second kappa shape index (κ2) is 47.3. The van der Waals surface area contributed by atoms with E-state index in [4.69, 9.17) is 18.9 Å². The Morgan fingerprint density at radius 1 is 0.467 bits per heavy atom. The van der Waals surface area contributed by atoms with Crippen LogP contribution in [0.25, 0.3) is 0 Å². The number of carbonyl (C=O) groups is 1. The van der Waals surface area contributed by atoms with E-state index < -0.39 is 86.8 Å². The van der Waals surface area contributed by atoms with E-state index in [1.54, 1.807) is 6.08 Å². The highest BCUT2D eigenvalue weighted by Crippen LogP contribution is 2.30. The van der Waals surface area contributed by atoms with Crippen LogP contribution < -0.4 is 5.32 Å². The summed E-state index contributed by atoms with van der Waals surface area (Å²) in [5.41, 5.74) is 0. The van der Waals surface area contributed by atoms with Gasteiger partial charge in [0, 0.05) is 6.42 Å². The second-order valence-corrected chi connectivity index (χ2v) is 22.2. The molecule has 0 radical (unpaired) electrons. The molecule has 0 bridgehead atoms. The Morgan fingerprint density at radius 3 is 1.31 bits per heavy atom. The van der Waals surface area contributed by atoms with Gasteiger partial charge in [0.2, 0.25) is 5.91 Å². The van der Waals surface area contributed by atoms with Gasteiger partial charge in [-0.25, -0.2) is 0 Å². The molecule has 0 aromatic carbocycles. The summed E-state index contributed by atoms with van der Waals surface area (Å²) in [5, 5.41) is 86.8. The number of unbranched alkanes of at least 4 members (excludes halogenated alkanes) is 35. The maximum Gasteiger partial charge on any atom is 0.220 e. The number of amides is 1. The van der Waals surface area contributed by atoms with Gasteiger partial charge in [-0.05, 0) is 32.1 Å². The van der Waals surface area contributed by atoms with Crippen molar-refractivity contribution in [2.75, 3.05) is 19.8 Å². The smallest absolute Gasteiger partial charge is 0.220 e. The highest BCUT2D eigenvalue weighted by atomic mass is 16.7. The van der Waals surface area contributed by atoms with E-state index in [9.17, 15) is 45.6 Å². The normalized spacial score (nSPS) is 25.1. The number of carbonyl (C=O) groups excluding carboxylic acids is 1. The summed E-state index contributed by atoms with van der Waals surface area (Å²) >= 11 is 0. The van der Waals surface area contributed by atoms with Crippen molar-refractivity contribution >= 4 is 5.91 Å². The summed E-state index contributed by atoms with van der Waals surface area (Å²) in [5.74, 6) is -0.251. The minimum absolute atomic E-state index is 0.251. The zero-order valence-electron chi connectivity index (χ0n) is 47.6. The van der Waals surface area contributed by atoms with Crippen LogP contribution in [-0.2, 0) is 23.7 Å². The van der Waals surface area contributed by atoms with Gasteiger partial charge >= 0.3 is 0 Å². The Kier molecular flexibility index (Phi) is 43.9. The Labute approximate surface area is 456 Å². The summed E-state index contributed by atoms with van der Waals surface area (Å²) in [7, 11) is 0. The fraction of sp³-hybridized carbons (Fsp3) is 0.918. The fourth-order valence-electron chi connectivity index (χ4n) is 10.4. The SMILES string of the molecule is CCCCCCCCCCCCCCCCCCCCCCCCCCCC/C=C/CC/C=C/C(O)C(COC1OC(CO)C(OC2OC(CO)C(O)C(O)C2O)C(O)C1O)NC(=O)CCCCCCCCCCC. The van der Waals surface area contributed by atoms with E-state index in [0.717, 1.165) is 32.1 Å². The van der Waals surface area contributed by atoms with E-state index in [-0.39, 0.29) is 18.9 Å². The second-order valence-electron chi connectivity index (χ2n) is 22.2. The first-order chi connectivity index (χ1) is 36.6. The first-order valence-electron chi connectivity index (χ1n) is 31.1. The maximum absolute atomic E-state index is 13.1. The Bertz CT molecular complexity index is 1350. The molecule has 442 valence electrons. The molecule has 0 aliphatic carbocycles. The van der Waals surface area contributed by atoms with Crippen molar-refractivity contribution in [2.24, 2.45) is 0 Å². The zero-order valence-corrected chi connectivity index (χ0v) is 47.6. The van der Waals surface area contributed by atoms with Crippen molar-refractivity contribution in [3.63, 3.8) is 0 Å². The topological polar surface area (TPSA) is 228 Å². The molecule has 14 heteroatoms. The number of ether oxygens (including phenoxy) is 4. The van der Waals surface area contributed by atoms with E-state index >= 15 is 0 Å². The van der Waals surface area contributed by atoms with Gasteiger partial charge in [-0.15, -0.1) is 0 Å². The minimum atomic E-state index is -1.79. The molecule has 2 saturated heterocycles. The molecule has 0 saturated carbocycles. The van der Waals surface area contributed by atoms with Gasteiger partial charge in [0.1, 0.15) is 48.8 Å². The first kappa shape index (κ1) is 69.6. The number of allylic oxidation sites excluding steroid dienone is 3. The molecule has 14 nitrogen and oxygen atoms in total. The molecule has 1 amide bonds. The van der Waals surface area contributed by atoms with Gasteiger partial charge in [-0.1, -0.05) is 250 Å². The fourth-order valence-corrected chi connectivity index (χ4v) is 10.4. The molecule has 2 aliphatic heterocycles. The standard InChI is InChI=1S/C61H115NO13/c1-3-5-7-9-11-13-14-15-16-17-18-19-20-21-22-23-24-25-26-27-28-29-30-31-32-33-34-35-37-38-40-42-44-50(65)49(62-53(66)45-43-41-39-36-12-10-8-6-4-2)48-72-60-58(71)56(69)59(52(47-64)74-60)75-61-57(70)55(68)54(67)51(46-63)73-61/h35,37,42,44,49-52,54-61,63-65,67-71H,3-34,36,38-41,43,45-48H2,1-2H3,(H,62,66)/b37-35+,44-42+. The van der Waals surface area contributed by atoms with Gasteiger partial charge in [-0.3, -0.25) is 4.79 Å². The van der Waals surface area contributed by atoms with Crippen LogP contribution in [0.4, 0.5) is 0 Å². The third-order valence-corrected chi connectivity index (χ3v) is 15.4. The van der Waals surface area contributed by atoms with Gasteiger partial charge in [0.25, 0.3) is 0 Å². The molecular formula is C61H115NO13. The lowest BCUT2D eigenvalue weighted by atomic mass is 9.97. The number of hydrogen-bond acceptors (Lipinski definition) is 13. The van der Waals surface area contributed by atoms with Crippen molar-refractivity contribution < 1.29 is 64.6 Å². The predicted molar refractivity (Wildman–Crippen MR) is 300 cm³/mol. The molecular weight excluding hydrogens is 955 g/mol. The molecule has 12 atom stereocenters. The van der Waals surface area contributed by atoms with Crippen LogP contribution in [0.1, 0.15) is 264 Å². The lowest BCUT2D eigenvalue weighted by molar-refractivity contribution is -0.359. The van der Waals surface area contributed by atoms with Crippen LogP contribution in [0.5, 0.6) is 0 Å². The lowest BCUT2D eigenvalue weighted by Gasteiger charge is -2.46. The molecule has 12 unspecified atom stereocenters. The van der Waals surface area contributed by atoms with Gasteiger partial charge in [0.15, 0.2) is 12.6 Å². The highest BCUT2D eigenvalue weighted by Gasteiger charge is 2.51. The predicted octanol–water partition coefficient (Wildman–Crippen LogP) is 10.8. The molecule has 75 heavy (non-hydrogen) atoms. The van der Waals surface area contributed by atoms with Crippen molar-refractivity contribution in [2.45, 2.75) is 338 Å². The van der Waals surface area contributed by atoms with Gasteiger partial charge in [0.05, 0.1) is 32.0 Å². The van der Waals surface area contributed by atoms with Crippen molar-refractivity contribution in [1.82, 2.24) is 5.32 Å². The van der Waals surface area contributed by atoms with Crippen LogP contribution in [0.15, 0.2) is 24.3 Å². The molecule has 2 aliphatic rings. The van der Waals surface area contributed by atoms with Crippen molar-refractivity contribution in [3.05, 3.63) is 24.3 Å². The van der Waals surface area contributed by atoms with E-state index in [1.807, 2.05) is 6.08 Å². The lowest BCUT2D eigenvalue weighted by Crippen LogP contribution is -2.65. The molecule has 9 N–H and O–H groups in total. The van der Waals surface area contributed by atoms with Gasteiger partial charge in [-0.2, -0.15) is 0 Å². The number of aliphatic hydroxyl groups is 8. The third-order valence-electron chi connectivity index (χ3n) is 15.4.